The molecule has 0 aliphatic carbocycles. The fourth-order valence-corrected chi connectivity index (χ4v) is 1.41. The predicted molar refractivity (Wildman–Crippen MR) is 74.9 cm³/mol. The summed E-state index contributed by atoms with van der Waals surface area (Å²) in [4.78, 5) is 0. The van der Waals surface area contributed by atoms with Gasteiger partial charge in [-0.05, 0) is 18.6 Å². The predicted octanol–water partition coefficient (Wildman–Crippen LogP) is 3.38. The number of rotatable bonds is 7. The van der Waals surface area contributed by atoms with Crippen molar-refractivity contribution in [3.05, 3.63) is 30.3 Å². The second kappa shape index (κ2) is 10.8. The molecule has 0 atom stereocenters. The van der Waals surface area contributed by atoms with E-state index >= 15 is 0 Å². The van der Waals surface area contributed by atoms with Crippen LogP contribution in [0.3, 0.4) is 0 Å². The van der Waals surface area contributed by atoms with Gasteiger partial charge >= 0.3 is 10.4 Å². The van der Waals surface area contributed by atoms with Gasteiger partial charge in [0.25, 0.3) is 0 Å². The first-order chi connectivity index (χ1) is 8.93. The Morgan fingerprint density at radius 3 is 2.05 bits per heavy atom. The Labute approximate surface area is 115 Å². The van der Waals surface area contributed by atoms with Crippen LogP contribution in [0.4, 0.5) is 0 Å². The molecule has 110 valence electrons. The molecule has 0 amide bonds. The lowest BCUT2D eigenvalue weighted by Gasteiger charge is -2.04. The van der Waals surface area contributed by atoms with Crippen molar-refractivity contribution < 1.29 is 22.3 Å². The zero-order chi connectivity index (χ0) is 14.6. The van der Waals surface area contributed by atoms with Crippen molar-refractivity contribution in [2.75, 3.05) is 6.61 Å². The van der Waals surface area contributed by atoms with Gasteiger partial charge in [-0.15, -0.1) is 0 Å². The van der Waals surface area contributed by atoms with Gasteiger partial charge in [0.2, 0.25) is 0 Å². The van der Waals surface area contributed by atoms with Crippen LogP contribution >= 0.6 is 0 Å². The average Bonchev–Trinajstić information content (AvgIpc) is 2.33. The molecule has 1 aromatic rings. The van der Waals surface area contributed by atoms with Crippen LogP contribution in [-0.2, 0) is 10.4 Å². The van der Waals surface area contributed by atoms with Crippen LogP contribution in [0.1, 0.15) is 39.0 Å². The van der Waals surface area contributed by atoms with Crippen molar-refractivity contribution >= 4 is 10.4 Å². The minimum absolute atomic E-state index is 0.855. The molecule has 0 aliphatic rings. The van der Waals surface area contributed by atoms with Crippen LogP contribution in [0.25, 0.3) is 0 Å². The van der Waals surface area contributed by atoms with Crippen LogP contribution in [0.15, 0.2) is 30.3 Å². The van der Waals surface area contributed by atoms with Crippen molar-refractivity contribution in [2.24, 2.45) is 0 Å². The summed E-state index contributed by atoms with van der Waals surface area (Å²) in [6.45, 7) is 3.09. The van der Waals surface area contributed by atoms with Crippen LogP contribution in [0.5, 0.6) is 5.75 Å². The van der Waals surface area contributed by atoms with Crippen LogP contribution in [-0.4, -0.2) is 24.1 Å². The monoisotopic (exact) mass is 290 g/mol. The van der Waals surface area contributed by atoms with E-state index < -0.39 is 10.4 Å². The van der Waals surface area contributed by atoms with E-state index in [1.165, 1.54) is 32.1 Å². The van der Waals surface area contributed by atoms with Gasteiger partial charge in [0.1, 0.15) is 5.75 Å². The zero-order valence-corrected chi connectivity index (χ0v) is 12.0. The van der Waals surface area contributed by atoms with Crippen molar-refractivity contribution in [1.82, 2.24) is 0 Å². The molecule has 0 radical (unpaired) electrons. The lowest BCUT2D eigenvalue weighted by atomic mass is 10.2. The second-order valence-electron chi connectivity index (χ2n) is 4.02. The fourth-order valence-electron chi connectivity index (χ4n) is 1.41. The third-order valence-corrected chi connectivity index (χ3v) is 2.26. The Balaban J connectivity index is 0.000000555. The Hall–Kier alpha value is -1.11. The van der Waals surface area contributed by atoms with E-state index in [4.69, 9.17) is 22.3 Å². The molecule has 0 aromatic heterocycles. The van der Waals surface area contributed by atoms with E-state index in [-0.39, 0.29) is 0 Å². The highest BCUT2D eigenvalue weighted by Crippen LogP contribution is 2.09. The zero-order valence-electron chi connectivity index (χ0n) is 11.2. The van der Waals surface area contributed by atoms with Crippen LogP contribution in [0, 0.1) is 0 Å². The molecule has 1 rings (SSSR count). The van der Waals surface area contributed by atoms with Gasteiger partial charge in [-0.2, -0.15) is 8.42 Å². The highest BCUT2D eigenvalue weighted by Gasteiger charge is 1.91. The first kappa shape index (κ1) is 17.9. The summed E-state index contributed by atoms with van der Waals surface area (Å²) >= 11 is 0. The standard InChI is InChI=1S/C13H20O.H2O4S/c1-2-3-4-5-9-12-14-13-10-7-6-8-11-13;1-5(2,3)4/h6-8,10-11H,2-5,9,12H2,1H3;(H2,1,2,3,4). The number of para-hydroxylation sites is 1. The minimum atomic E-state index is -4.67. The maximum Gasteiger partial charge on any atom is 0.394 e. The lowest BCUT2D eigenvalue weighted by molar-refractivity contribution is 0.304. The molecule has 0 heterocycles. The van der Waals surface area contributed by atoms with Gasteiger partial charge < -0.3 is 4.74 Å². The number of hydrogen-bond donors (Lipinski definition) is 2. The third kappa shape index (κ3) is 16.9. The molecule has 0 saturated heterocycles. The second-order valence-corrected chi connectivity index (χ2v) is 4.92. The molecule has 0 bridgehead atoms. The Bertz CT molecular complexity index is 394. The Kier molecular flexibility index (Phi) is 10.1. The largest absolute Gasteiger partial charge is 0.494 e. The molecule has 0 fully saturated rings. The van der Waals surface area contributed by atoms with E-state index in [1.807, 2.05) is 30.3 Å². The summed E-state index contributed by atoms with van der Waals surface area (Å²) in [7, 11) is -4.67. The smallest absolute Gasteiger partial charge is 0.394 e. The summed E-state index contributed by atoms with van der Waals surface area (Å²) in [6, 6.07) is 10.0. The van der Waals surface area contributed by atoms with Gasteiger partial charge in [0.15, 0.2) is 0 Å². The SMILES string of the molecule is CCCCCCCOc1ccccc1.O=S(=O)(O)O. The molecular formula is C13H22O5S. The van der Waals surface area contributed by atoms with Crippen molar-refractivity contribution in [3.63, 3.8) is 0 Å². The summed E-state index contributed by atoms with van der Waals surface area (Å²) in [5.41, 5.74) is 0. The van der Waals surface area contributed by atoms with E-state index in [2.05, 4.69) is 6.92 Å². The molecule has 6 heteroatoms. The summed E-state index contributed by atoms with van der Waals surface area (Å²) in [6.07, 6.45) is 6.47. The molecule has 0 saturated carbocycles. The van der Waals surface area contributed by atoms with E-state index in [1.54, 1.807) is 0 Å². The fraction of sp³-hybridized carbons (Fsp3) is 0.538. The first-order valence-electron chi connectivity index (χ1n) is 6.31. The number of benzene rings is 1. The van der Waals surface area contributed by atoms with Crippen LogP contribution in [0.2, 0.25) is 0 Å². The van der Waals surface area contributed by atoms with Crippen molar-refractivity contribution in [1.29, 1.82) is 0 Å². The maximum atomic E-state index is 8.74. The summed E-state index contributed by atoms with van der Waals surface area (Å²) < 4.78 is 37.2. The van der Waals surface area contributed by atoms with Gasteiger partial charge in [0.05, 0.1) is 6.61 Å². The maximum absolute atomic E-state index is 8.74. The molecule has 19 heavy (non-hydrogen) atoms. The molecule has 0 unspecified atom stereocenters. The first-order valence-corrected chi connectivity index (χ1v) is 7.71. The minimum Gasteiger partial charge on any atom is -0.494 e. The highest BCUT2D eigenvalue weighted by atomic mass is 32.3. The van der Waals surface area contributed by atoms with Gasteiger partial charge in [-0.3, -0.25) is 9.11 Å². The number of hydrogen-bond acceptors (Lipinski definition) is 3. The Morgan fingerprint density at radius 2 is 1.53 bits per heavy atom. The van der Waals surface area contributed by atoms with Crippen molar-refractivity contribution in [3.8, 4) is 5.75 Å². The van der Waals surface area contributed by atoms with Gasteiger partial charge in [-0.25, -0.2) is 0 Å². The molecule has 0 aliphatic heterocycles. The summed E-state index contributed by atoms with van der Waals surface area (Å²) in [5.74, 6) is 0.989. The molecule has 5 nitrogen and oxygen atoms in total. The Morgan fingerprint density at radius 1 is 1.00 bits per heavy atom. The van der Waals surface area contributed by atoms with E-state index in [0.717, 1.165) is 12.4 Å². The molecule has 2 N–H and O–H groups in total. The van der Waals surface area contributed by atoms with E-state index in [9.17, 15) is 0 Å². The normalized spacial score (nSPS) is 10.5. The van der Waals surface area contributed by atoms with Gasteiger partial charge in [0, 0.05) is 0 Å². The average molecular weight is 290 g/mol. The van der Waals surface area contributed by atoms with Gasteiger partial charge in [-0.1, -0.05) is 50.8 Å². The number of unbranched alkanes of at least 4 members (excludes halogenated alkanes) is 4. The topological polar surface area (TPSA) is 83.8 Å². The molecule has 1 aromatic carbocycles. The molecular weight excluding hydrogens is 268 g/mol. The quantitative estimate of drug-likeness (QED) is 0.594. The third-order valence-electron chi connectivity index (χ3n) is 2.26. The highest BCUT2D eigenvalue weighted by molar-refractivity contribution is 7.79. The molecule has 0 spiro atoms. The number of ether oxygens (including phenoxy) is 1. The summed E-state index contributed by atoms with van der Waals surface area (Å²) in [5, 5.41) is 0. The lowest BCUT2D eigenvalue weighted by Crippen LogP contribution is -1.96. The van der Waals surface area contributed by atoms with E-state index in [0.29, 0.717) is 0 Å². The van der Waals surface area contributed by atoms with Crippen molar-refractivity contribution in [2.45, 2.75) is 39.0 Å². The van der Waals surface area contributed by atoms with Crippen LogP contribution < -0.4 is 4.74 Å².